The number of hydrogen-bond donors (Lipinski definition) is 1. The fourth-order valence-corrected chi connectivity index (χ4v) is 3.87. The quantitative estimate of drug-likeness (QED) is 0.413. The third-order valence-electron chi connectivity index (χ3n) is 5.34. The molecule has 7 heteroatoms. The highest BCUT2D eigenvalue weighted by Crippen LogP contribution is 2.29. The van der Waals surface area contributed by atoms with Gasteiger partial charge in [-0.15, -0.1) is 13.2 Å². The maximum atomic E-state index is 13.6. The van der Waals surface area contributed by atoms with Crippen LogP contribution < -0.4 is 5.32 Å². The highest BCUT2D eigenvalue weighted by molar-refractivity contribution is 5.90. The monoisotopic (exact) mass is 456 g/mol. The minimum absolute atomic E-state index is 0.139. The summed E-state index contributed by atoms with van der Waals surface area (Å²) in [5.41, 5.74) is 0.179. The summed E-state index contributed by atoms with van der Waals surface area (Å²) in [4.78, 5) is 40.5. The van der Waals surface area contributed by atoms with Gasteiger partial charge in [-0.3, -0.25) is 4.79 Å². The van der Waals surface area contributed by atoms with Crippen molar-refractivity contribution in [3.8, 4) is 0 Å². The molecule has 1 fully saturated rings. The zero-order valence-corrected chi connectivity index (χ0v) is 19.9. The van der Waals surface area contributed by atoms with E-state index in [9.17, 15) is 14.4 Å². The molecular formula is C26H36N2O5. The Bertz CT molecular complexity index is 831. The summed E-state index contributed by atoms with van der Waals surface area (Å²) in [6.07, 6.45) is 5.33. The largest absolute Gasteiger partial charge is 0.459 e. The molecule has 1 N–H and O–H groups in total. The topological polar surface area (TPSA) is 84.9 Å². The number of hydrogen-bond acceptors (Lipinski definition) is 5. The molecule has 0 aromatic heterocycles. The van der Waals surface area contributed by atoms with Crippen LogP contribution in [0.25, 0.3) is 0 Å². The number of alkyl carbamates (subject to hydrolysis) is 1. The third-order valence-corrected chi connectivity index (χ3v) is 5.34. The van der Waals surface area contributed by atoms with Crippen LogP contribution in [0.4, 0.5) is 4.79 Å². The Hall–Kier alpha value is -3.09. The Balaban J connectivity index is 2.18. The van der Waals surface area contributed by atoms with E-state index in [0.717, 1.165) is 5.56 Å². The van der Waals surface area contributed by atoms with Gasteiger partial charge in [-0.25, -0.2) is 9.59 Å². The number of allylic oxidation sites excluding steroid dienone is 1. The summed E-state index contributed by atoms with van der Waals surface area (Å²) in [6.45, 7) is 12.9. The number of likely N-dealkylation sites (tertiary alicyclic amines) is 1. The normalized spacial score (nSPS) is 18.8. The maximum Gasteiger partial charge on any atom is 0.408 e. The van der Waals surface area contributed by atoms with Gasteiger partial charge in [0.2, 0.25) is 5.91 Å². The van der Waals surface area contributed by atoms with E-state index in [1.807, 2.05) is 30.3 Å². The average Bonchev–Trinajstić information content (AvgIpc) is 3.18. The van der Waals surface area contributed by atoms with Crippen LogP contribution in [-0.2, 0) is 25.7 Å². The predicted octanol–water partition coefficient (Wildman–Crippen LogP) is 4.53. The molecule has 1 aromatic carbocycles. The summed E-state index contributed by atoms with van der Waals surface area (Å²) in [6, 6.07) is 7.66. The van der Waals surface area contributed by atoms with Crippen LogP contribution in [0, 0.1) is 0 Å². The first-order valence-corrected chi connectivity index (χ1v) is 11.4. The van der Waals surface area contributed by atoms with Crippen LogP contribution in [0.2, 0.25) is 0 Å². The first-order chi connectivity index (χ1) is 15.7. The molecule has 180 valence electrons. The van der Waals surface area contributed by atoms with Crippen LogP contribution >= 0.6 is 0 Å². The second-order valence-electron chi connectivity index (χ2n) is 9.18. The molecule has 0 saturated carbocycles. The molecule has 0 bridgehead atoms. The summed E-state index contributed by atoms with van der Waals surface area (Å²) < 4.78 is 10.9. The van der Waals surface area contributed by atoms with Gasteiger partial charge in [0.05, 0.1) is 0 Å². The number of nitrogens with zero attached hydrogens (tertiary/aromatic N) is 1. The number of esters is 1. The van der Waals surface area contributed by atoms with Gasteiger partial charge < -0.3 is 19.7 Å². The van der Waals surface area contributed by atoms with Gasteiger partial charge in [0.1, 0.15) is 24.3 Å². The molecule has 33 heavy (non-hydrogen) atoms. The zero-order valence-electron chi connectivity index (χ0n) is 19.9. The Kier molecular flexibility index (Phi) is 9.70. The van der Waals surface area contributed by atoms with Gasteiger partial charge >= 0.3 is 12.1 Å². The molecule has 1 saturated heterocycles. The molecule has 2 rings (SSSR count). The molecule has 0 spiro atoms. The van der Waals surface area contributed by atoms with Crippen molar-refractivity contribution in [1.29, 1.82) is 0 Å². The molecular weight excluding hydrogens is 420 g/mol. The molecule has 0 radical (unpaired) electrons. The highest BCUT2D eigenvalue weighted by atomic mass is 16.6. The van der Waals surface area contributed by atoms with E-state index < -0.39 is 29.7 Å². The van der Waals surface area contributed by atoms with Gasteiger partial charge in [0, 0.05) is 6.04 Å². The first-order valence-electron chi connectivity index (χ1n) is 11.4. The number of ether oxygens (including phenoxy) is 2. The third kappa shape index (κ3) is 8.08. The van der Waals surface area contributed by atoms with Crippen LogP contribution in [-0.4, -0.2) is 46.6 Å². The van der Waals surface area contributed by atoms with Gasteiger partial charge in [0.25, 0.3) is 0 Å². The lowest BCUT2D eigenvalue weighted by molar-refractivity contribution is -0.156. The molecule has 1 unspecified atom stereocenters. The highest BCUT2D eigenvalue weighted by Gasteiger charge is 2.43. The Morgan fingerprint density at radius 3 is 2.45 bits per heavy atom. The van der Waals surface area contributed by atoms with E-state index in [2.05, 4.69) is 18.5 Å². The average molecular weight is 457 g/mol. The molecule has 3 atom stereocenters. The lowest BCUT2D eigenvalue weighted by atomic mass is 10.1. The van der Waals surface area contributed by atoms with E-state index in [1.54, 1.807) is 37.8 Å². The smallest absolute Gasteiger partial charge is 0.408 e. The molecule has 0 aliphatic carbocycles. The van der Waals surface area contributed by atoms with E-state index in [-0.39, 0.29) is 18.6 Å². The van der Waals surface area contributed by atoms with Crippen molar-refractivity contribution >= 4 is 18.0 Å². The van der Waals surface area contributed by atoms with Crippen LogP contribution in [0.3, 0.4) is 0 Å². The predicted molar refractivity (Wildman–Crippen MR) is 127 cm³/mol. The fraction of sp³-hybridized carbons (Fsp3) is 0.500. The summed E-state index contributed by atoms with van der Waals surface area (Å²) in [5.74, 6) is -0.771. The van der Waals surface area contributed by atoms with Crippen LogP contribution in [0.1, 0.15) is 58.4 Å². The van der Waals surface area contributed by atoms with Crippen LogP contribution in [0.5, 0.6) is 0 Å². The molecule has 1 aliphatic heterocycles. The lowest BCUT2D eigenvalue weighted by Crippen LogP contribution is -2.54. The van der Waals surface area contributed by atoms with Crippen molar-refractivity contribution in [2.24, 2.45) is 0 Å². The van der Waals surface area contributed by atoms with Crippen molar-refractivity contribution in [2.45, 2.75) is 83.2 Å². The standard InChI is InChI=1S/C26H36N2O5/c1-6-8-15-21(27-25(31)33-26(3,4)5)23(29)28-20(12-7-2)16-17-22(28)24(30)32-18-19-13-10-9-11-14-19/h6-7,9-11,13-14,20-22H,1-2,8,12,15-18H2,3-5H3,(H,27,31)/t20?,21-,22-/m0/s1. The van der Waals surface area contributed by atoms with Gasteiger partial charge in [-0.05, 0) is 58.4 Å². The summed E-state index contributed by atoms with van der Waals surface area (Å²) in [5, 5.41) is 2.69. The summed E-state index contributed by atoms with van der Waals surface area (Å²) >= 11 is 0. The van der Waals surface area contributed by atoms with Gasteiger partial charge in [0.15, 0.2) is 0 Å². The van der Waals surface area contributed by atoms with E-state index in [0.29, 0.717) is 32.1 Å². The molecule has 2 amide bonds. The first kappa shape index (κ1) is 26.2. The Morgan fingerprint density at radius 1 is 1.15 bits per heavy atom. The van der Waals surface area contributed by atoms with Crippen molar-refractivity contribution in [2.75, 3.05) is 0 Å². The number of nitrogens with one attached hydrogen (secondary N) is 1. The number of carbonyl (C=O) groups is 3. The fourth-order valence-electron chi connectivity index (χ4n) is 3.87. The minimum atomic E-state index is -0.840. The second kappa shape index (κ2) is 12.2. The number of benzene rings is 1. The van der Waals surface area contributed by atoms with Crippen molar-refractivity contribution in [3.05, 3.63) is 61.2 Å². The van der Waals surface area contributed by atoms with Crippen molar-refractivity contribution in [1.82, 2.24) is 10.2 Å². The van der Waals surface area contributed by atoms with Crippen molar-refractivity contribution < 1.29 is 23.9 Å². The summed E-state index contributed by atoms with van der Waals surface area (Å²) in [7, 11) is 0. The number of amides is 2. The van der Waals surface area contributed by atoms with Gasteiger partial charge in [-0.2, -0.15) is 0 Å². The van der Waals surface area contributed by atoms with E-state index in [1.165, 1.54) is 0 Å². The lowest BCUT2D eigenvalue weighted by Gasteiger charge is -2.33. The van der Waals surface area contributed by atoms with E-state index in [4.69, 9.17) is 9.47 Å². The Morgan fingerprint density at radius 2 is 1.85 bits per heavy atom. The van der Waals surface area contributed by atoms with Crippen molar-refractivity contribution in [3.63, 3.8) is 0 Å². The molecule has 1 aliphatic rings. The maximum absolute atomic E-state index is 13.6. The molecule has 1 aromatic rings. The second-order valence-corrected chi connectivity index (χ2v) is 9.18. The number of rotatable bonds is 10. The SMILES string of the molecule is C=CCC[C@H](NC(=O)OC(C)(C)C)C(=O)N1C(CC=C)CC[C@H]1C(=O)OCc1ccccc1. The minimum Gasteiger partial charge on any atom is -0.459 e. The van der Waals surface area contributed by atoms with Gasteiger partial charge in [-0.1, -0.05) is 42.5 Å². The molecule has 1 heterocycles. The zero-order chi connectivity index (χ0) is 24.4. The van der Waals surface area contributed by atoms with E-state index >= 15 is 0 Å². The molecule has 7 nitrogen and oxygen atoms in total. The number of carbonyl (C=O) groups excluding carboxylic acids is 3. The van der Waals surface area contributed by atoms with Crippen LogP contribution in [0.15, 0.2) is 55.6 Å². The Labute approximate surface area is 196 Å².